The van der Waals surface area contributed by atoms with Crippen LogP contribution in [-0.2, 0) is 6.54 Å². The Balaban J connectivity index is 1.67. The van der Waals surface area contributed by atoms with Gasteiger partial charge >= 0.3 is 0 Å². The maximum Gasteiger partial charge on any atom is 0.292 e. The van der Waals surface area contributed by atoms with Crippen molar-refractivity contribution in [3.8, 4) is 0 Å². The summed E-state index contributed by atoms with van der Waals surface area (Å²) in [6.07, 6.45) is 4.46. The number of nitrogens with one attached hydrogen (secondary N) is 2. The molecule has 0 aliphatic heterocycles. The summed E-state index contributed by atoms with van der Waals surface area (Å²) in [6, 6.07) is 10.6. The number of hydrogen-bond donors (Lipinski definition) is 2. The summed E-state index contributed by atoms with van der Waals surface area (Å²) in [5.74, 6) is 0. The molecule has 0 atom stereocenters. The Hall–Kier alpha value is -2.47. The van der Waals surface area contributed by atoms with Crippen LogP contribution in [0.2, 0.25) is 0 Å². The van der Waals surface area contributed by atoms with Gasteiger partial charge in [0.1, 0.15) is 5.69 Å². The molecule has 2 rings (SSSR count). The minimum atomic E-state index is -0.372. The monoisotopic (exact) mass is 286 g/mol. The van der Waals surface area contributed by atoms with Crippen molar-refractivity contribution in [1.29, 1.82) is 0 Å². The highest BCUT2D eigenvalue weighted by Crippen LogP contribution is 2.22. The fourth-order valence-corrected chi connectivity index (χ4v) is 1.95. The van der Waals surface area contributed by atoms with E-state index in [4.69, 9.17) is 0 Å². The molecule has 6 heteroatoms. The molecule has 0 aliphatic carbocycles. The van der Waals surface area contributed by atoms with E-state index in [2.05, 4.69) is 15.6 Å². The van der Waals surface area contributed by atoms with Crippen LogP contribution in [0, 0.1) is 10.1 Å². The maximum atomic E-state index is 10.9. The van der Waals surface area contributed by atoms with Crippen LogP contribution in [0.5, 0.6) is 0 Å². The van der Waals surface area contributed by atoms with E-state index in [1.54, 1.807) is 24.4 Å². The predicted octanol–water partition coefficient (Wildman–Crippen LogP) is 2.58. The first-order valence-electron chi connectivity index (χ1n) is 6.84. The number of benzene rings is 1. The summed E-state index contributed by atoms with van der Waals surface area (Å²) in [7, 11) is 0. The molecule has 0 fully saturated rings. The summed E-state index contributed by atoms with van der Waals surface area (Å²) < 4.78 is 0. The minimum Gasteiger partial charge on any atom is -0.379 e. The van der Waals surface area contributed by atoms with Crippen LogP contribution in [0.25, 0.3) is 0 Å². The van der Waals surface area contributed by atoms with Crippen LogP contribution >= 0.6 is 0 Å². The van der Waals surface area contributed by atoms with Gasteiger partial charge < -0.3 is 10.6 Å². The van der Waals surface area contributed by atoms with Crippen LogP contribution < -0.4 is 10.6 Å². The van der Waals surface area contributed by atoms with Gasteiger partial charge in [0.2, 0.25) is 0 Å². The van der Waals surface area contributed by atoms with Crippen molar-refractivity contribution in [3.05, 3.63) is 64.5 Å². The summed E-state index contributed by atoms with van der Waals surface area (Å²) in [5, 5.41) is 17.3. The zero-order valence-electron chi connectivity index (χ0n) is 11.7. The number of para-hydroxylation sites is 2. The van der Waals surface area contributed by atoms with Crippen molar-refractivity contribution in [3.63, 3.8) is 0 Å². The Morgan fingerprint density at radius 2 is 2.00 bits per heavy atom. The molecule has 1 aromatic carbocycles. The van der Waals surface area contributed by atoms with Crippen LogP contribution in [0.4, 0.5) is 11.4 Å². The zero-order valence-corrected chi connectivity index (χ0v) is 11.7. The summed E-state index contributed by atoms with van der Waals surface area (Å²) in [5.41, 5.74) is 1.82. The van der Waals surface area contributed by atoms with E-state index in [9.17, 15) is 10.1 Å². The maximum absolute atomic E-state index is 10.9. The highest BCUT2D eigenvalue weighted by molar-refractivity contribution is 5.60. The topological polar surface area (TPSA) is 80.1 Å². The second-order valence-corrected chi connectivity index (χ2v) is 4.59. The van der Waals surface area contributed by atoms with Gasteiger partial charge in [-0.25, -0.2) is 0 Å². The summed E-state index contributed by atoms with van der Waals surface area (Å²) in [4.78, 5) is 14.5. The Kier molecular flexibility index (Phi) is 5.66. The molecule has 0 spiro atoms. The van der Waals surface area contributed by atoms with Crippen LogP contribution in [0.1, 0.15) is 12.0 Å². The largest absolute Gasteiger partial charge is 0.379 e. The lowest BCUT2D eigenvalue weighted by atomic mass is 10.2. The average molecular weight is 286 g/mol. The molecule has 1 heterocycles. The molecule has 6 nitrogen and oxygen atoms in total. The number of pyridine rings is 1. The van der Waals surface area contributed by atoms with Gasteiger partial charge in [-0.3, -0.25) is 15.1 Å². The quantitative estimate of drug-likeness (QED) is 0.443. The normalized spacial score (nSPS) is 10.3. The lowest BCUT2D eigenvalue weighted by molar-refractivity contribution is -0.384. The van der Waals surface area contributed by atoms with Crippen LogP contribution in [0.3, 0.4) is 0 Å². The van der Waals surface area contributed by atoms with E-state index in [1.807, 2.05) is 18.3 Å². The Bertz CT molecular complexity index is 575. The molecule has 21 heavy (non-hydrogen) atoms. The van der Waals surface area contributed by atoms with E-state index in [-0.39, 0.29) is 10.6 Å². The van der Waals surface area contributed by atoms with Gasteiger partial charge in [-0.2, -0.15) is 0 Å². The lowest BCUT2D eigenvalue weighted by Gasteiger charge is -2.08. The van der Waals surface area contributed by atoms with E-state index in [0.717, 1.165) is 25.1 Å². The number of hydrogen-bond acceptors (Lipinski definition) is 5. The average Bonchev–Trinajstić information content (AvgIpc) is 2.52. The van der Waals surface area contributed by atoms with Gasteiger partial charge in [0.25, 0.3) is 5.69 Å². The first kappa shape index (κ1) is 14.9. The molecule has 1 aromatic heterocycles. The van der Waals surface area contributed by atoms with Gasteiger partial charge in [-0.1, -0.05) is 18.2 Å². The SMILES string of the molecule is O=[N+]([O-])c1ccccc1NCCCNCc1cccnc1. The van der Waals surface area contributed by atoms with Gasteiger partial charge in [0.05, 0.1) is 4.92 Å². The first-order chi connectivity index (χ1) is 10.3. The molecule has 0 aliphatic rings. The number of nitrogens with zero attached hydrogens (tertiary/aromatic N) is 2. The zero-order chi connectivity index (χ0) is 14.9. The molecule has 2 N–H and O–H groups in total. The lowest BCUT2D eigenvalue weighted by Crippen LogP contribution is -2.17. The number of rotatable bonds is 8. The second kappa shape index (κ2) is 7.96. The van der Waals surface area contributed by atoms with Crippen molar-refractivity contribution in [2.24, 2.45) is 0 Å². The molecule has 0 saturated carbocycles. The Morgan fingerprint density at radius 3 is 2.76 bits per heavy atom. The fraction of sp³-hybridized carbons (Fsp3) is 0.267. The van der Waals surface area contributed by atoms with Gasteiger partial charge in [0, 0.05) is 31.5 Å². The molecule has 0 amide bonds. The van der Waals surface area contributed by atoms with Crippen molar-refractivity contribution >= 4 is 11.4 Å². The number of anilines is 1. The number of aromatic nitrogens is 1. The highest BCUT2D eigenvalue weighted by Gasteiger charge is 2.10. The molecule has 0 saturated heterocycles. The van der Waals surface area contributed by atoms with E-state index < -0.39 is 0 Å². The van der Waals surface area contributed by atoms with E-state index >= 15 is 0 Å². The molecule has 2 aromatic rings. The molecular weight excluding hydrogens is 268 g/mol. The number of nitro groups is 1. The van der Waals surface area contributed by atoms with Gasteiger partial charge in [-0.05, 0) is 30.7 Å². The molecule has 0 unspecified atom stereocenters. The highest BCUT2D eigenvalue weighted by atomic mass is 16.6. The third-order valence-corrected chi connectivity index (χ3v) is 3.00. The van der Waals surface area contributed by atoms with Crippen molar-refractivity contribution in [1.82, 2.24) is 10.3 Å². The van der Waals surface area contributed by atoms with Crippen molar-refractivity contribution in [2.75, 3.05) is 18.4 Å². The van der Waals surface area contributed by atoms with Crippen molar-refractivity contribution in [2.45, 2.75) is 13.0 Å². The Morgan fingerprint density at radius 1 is 1.14 bits per heavy atom. The second-order valence-electron chi connectivity index (χ2n) is 4.59. The van der Waals surface area contributed by atoms with Crippen LogP contribution in [-0.4, -0.2) is 23.0 Å². The molecule has 0 bridgehead atoms. The van der Waals surface area contributed by atoms with Gasteiger partial charge in [-0.15, -0.1) is 0 Å². The van der Waals surface area contributed by atoms with Gasteiger partial charge in [0.15, 0.2) is 0 Å². The molecule has 0 radical (unpaired) electrons. The molecular formula is C15H18N4O2. The standard InChI is InChI=1S/C15H18N4O2/c20-19(21)15-7-2-1-6-14(15)18-10-4-9-17-12-13-5-3-8-16-11-13/h1-3,5-8,11,17-18H,4,9-10,12H2. The van der Waals surface area contributed by atoms with Crippen molar-refractivity contribution < 1.29 is 4.92 Å². The summed E-state index contributed by atoms with van der Waals surface area (Å²) >= 11 is 0. The predicted molar refractivity (Wildman–Crippen MR) is 82.1 cm³/mol. The van der Waals surface area contributed by atoms with E-state index in [0.29, 0.717) is 12.2 Å². The molecule has 110 valence electrons. The third-order valence-electron chi connectivity index (χ3n) is 3.00. The van der Waals surface area contributed by atoms with Crippen LogP contribution in [0.15, 0.2) is 48.8 Å². The third kappa shape index (κ3) is 4.85. The fourth-order valence-electron chi connectivity index (χ4n) is 1.95. The summed E-state index contributed by atoms with van der Waals surface area (Å²) in [6.45, 7) is 2.30. The minimum absolute atomic E-state index is 0.112. The first-order valence-corrected chi connectivity index (χ1v) is 6.84. The number of nitro benzene ring substituents is 1. The smallest absolute Gasteiger partial charge is 0.292 e. The Labute approximate surface area is 123 Å². The van der Waals surface area contributed by atoms with E-state index in [1.165, 1.54) is 6.07 Å².